The van der Waals surface area contributed by atoms with Gasteiger partial charge in [0.1, 0.15) is 10.4 Å². The maximum absolute atomic E-state index is 13.8. The number of benzene rings is 3. The highest BCUT2D eigenvalue weighted by Gasteiger charge is 2.20. The van der Waals surface area contributed by atoms with Crippen LogP contribution in [-0.4, -0.2) is 32.4 Å². The quantitative estimate of drug-likeness (QED) is 0.120. The van der Waals surface area contributed by atoms with Crippen LogP contribution in [0.15, 0.2) is 88.8 Å². The van der Waals surface area contributed by atoms with Gasteiger partial charge in [0.15, 0.2) is 14.8 Å². The van der Waals surface area contributed by atoms with Crippen LogP contribution in [0.1, 0.15) is 12.5 Å². The molecule has 0 radical (unpaired) electrons. The second-order valence-corrected chi connectivity index (χ2v) is 11.3. The van der Waals surface area contributed by atoms with E-state index in [1.54, 1.807) is 10.6 Å². The molecule has 2 heterocycles. The van der Waals surface area contributed by atoms with Gasteiger partial charge in [-0.25, -0.2) is 4.98 Å². The van der Waals surface area contributed by atoms with Crippen molar-refractivity contribution in [3.63, 3.8) is 0 Å². The van der Waals surface area contributed by atoms with E-state index >= 15 is 0 Å². The summed E-state index contributed by atoms with van der Waals surface area (Å²) in [6, 6.07) is 24.1. The number of fused-ring (bicyclic) bond motifs is 1. The Labute approximate surface area is 243 Å². The van der Waals surface area contributed by atoms with Crippen LogP contribution in [0.4, 0.5) is 0 Å². The van der Waals surface area contributed by atoms with Crippen LogP contribution in [0, 0.1) is 3.95 Å². The molecule has 1 amide bonds. The number of hydrogen-bond acceptors (Lipinski definition) is 7. The first kappa shape index (κ1) is 27.1. The average molecular weight is 595 g/mol. The van der Waals surface area contributed by atoms with E-state index in [-0.39, 0.29) is 17.2 Å². The van der Waals surface area contributed by atoms with Crippen molar-refractivity contribution in [3.05, 3.63) is 104 Å². The fraction of sp³-hybridized carbons (Fsp3) is 0.143. The molecule has 3 aromatic carbocycles. The average Bonchev–Trinajstić information content (AvgIpc) is 3.28. The number of nitrogens with one attached hydrogen (secondary N) is 1. The van der Waals surface area contributed by atoms with Crippen molar-refractivity contribution in [3.8, 4) is 17.1 Å². The van der Waals surface area contributed by atoms with Crippen molar-refractivity contribution in [2.75, 3.05) is 12.4 Å². The van der Waals surface area contributed by atoms with Crippen molar-refractivity contribution in [1.82, 2.24) is 19.4 Å². The van der Waals surface area contributed by atoms with Crippen molar-refractivity contribution < 1.29 is 9.53 Å². The lowest BCUT2D eigenvalue weighted by Crippen LogP contribution is -2.26. The SMILES string of the molecule is CCOc1ccc(-n2c(=S)sc3c(=O)n(-c4ccccc4)c(SCC(=O)NCc4ccccc4Cl)nc32)cc1. The van der Waals surface area contributed by atoms with Gasteiger partial charge in [-0.2, -0.15) is 0 Å². The van der Waals surface area contributed by atoms with Crippen LogP contribution in [0.5, 0.6) is 5.75 Å². The number of hydrogen-bond donors (Lipinski definition) is 1. The van der Waals surface area contributed by atoms with Crippen LogP contribution in [0.3, 0.4) is 0 Å². The number of carbonyl (C=O) groups excluding carboxylic acids is 1. The molecule has 0 spiro atoms. The van der Waals surface area contributed by atoms with Crippen molar-refractivity contribution >= 4 is 63.2 Å². The Kier molecular flexibility index (Phi) is 8.47. The Balaban J connectivity index is 1.51. The molecular weight excluding hydrogens is 572 g/mol. The molecule has 39 heavy (non-hydrogen) atoms. The van der Waals surface area contributed by atoms with Crippen LogP contribution >= 0.6 is 46.9 Å². The van der Waals surface area contributed by atoms with Gasteiger partial charge in [0, 0.05) is 17.3 Å². The zero-order valence-corrected chi connectivity index (χ0v) is 24.0. The van der Waals surface area contributed by atoms with Crippen LogP contribution < -0.4 is 15.6 Å². The van der Waals surface area contributed by atoms with Gasteiger partial charge in [0.2, 0.25) is 5.91 Å². The van der Waals surface area contributed by atoms with Crippen molar-refractivity contribution in [1.29, 1.82) is 0 Å². The molecule has 11 heteroatoms. The Bertz CT molecular complexity index is 1750. The summed E-state index contributed by atoms with van der Waals surface area (Å²) in [4.78, 5) is 31.4. The monoisotopic (exact) mass is 594 g/mol. The molecule has 0 aliphatic heterocycles. The molecular formula is C28H23ClN4O3S3. The summed E-state index contributed by atoms with van der Waals surface area (Å²) in [7, 11) is 0. The Morgan fingerprint density at radius 2 is 1.72 bits per heavy atom. The van der Waals surface area contributed by atoms with E-state index < -0.39 is 0 Å². The maximum Gasteiger partial charge on any atom is 0.278 e. The largest absolute Gasteiger partial charge is 0.494 e. The van der Waals surface area contributed by atoms with Crippen molar-refractivity contribution in [2.24, 2.45) is 0 Å². The molecule has 0 saturated carbocycles. The Morgan fingerprint density at radius 1 is 1.03 bits per heavy atom. The summed E-state index contributed by atoms with van der Waals surface area (Å²) in [5, 5.41) is 3.86. The molecule has 0 fully saturated rings. The number of ether oxygens (including phenoxy) is 1. The molecule has 2 aromatic heterocycles. The standard InChI is InChI=1S/C28H23ClN4O3S3/c1-2-36-21-14-12-20(13-15-21)32-25-24(39-28(32)37)26(35)33(19-9-4-3-5-10-19)27(31-25)38-17-23(34)30-16-18-8-6-7-11-22(18)29/h3-15H,2,16-17H2,1H3,(H,30,34). The lowest BCUT2D eigenvalue weighted by Gasteiger charge is -2.13. The van der Waals surface area contributed by atoms with Gasteiger partial charge in [-0.3, -0.25) is 18.7 Å². The fourth-order valence-electron chi connectivity index (χ4n) is 3.94. The lowest BCUT2D eigenvalue weighted by molar-refractivity contribution is -0.118. The summed E-state index contributed by atoms with van der Waals surface area (Å²) >= 11 is 14.3. The number of aromatic nitrogens is 3. The third-order valence-corrected chi connectivity index (χ3v) is 8.42. The van der Waals surface area contributed by atoms with Gasteiger partial charge in [-0.05, 0) is 67.2 Å². The molecule has 198 valence electrons. The smallest absolute Gasteiger partial charge is 0.278 e. The number of thioether (sulfide) groups is 1. The van der Waals surface area contributed by atoms with E-state index in [0.29, 0.717) is 43.3 Å². The minimum Gasteiger partial charge on any atom is -0.494 e. The van der Waals surface area contributed by atoms with Gasteiger partial charge in [0.05, 0.1) is 18.0 Å². The number of halogens is 1. The zero-order valence-electron chi connectivity index (χ0n) is 20.8. The summed E-state index contributed by atoms with van der Waals surface area (Å²) in [5.41, 5.74) is 2.46. The van der Waals surface area contributed by atoms with Gasteiger partial charge in [-0.1, -0.05) is 71.1 Å². The third kappa shape index (κ3) is 5.94. The van der Waals surface area contributed by atoms with Gasteiger partial charge in [-0.15, -0.1) is 0 Å². The second-order valence-electron chi connectivity index (χ2n) is 8.31. The van der Waals surface area contributed by atoms with Gasteiger partial charge < -0.3 is 10.1 Å². The van der Waals surface area contributed by atoms with E-state index in [0.717, 1.165) is 17.0 Å². The van der Waals surface area contributed by atoms with E-state index in [4.69, 9.17) is 33.5 Å². The predicted octanol–water partition coefficient (Wildman–Crippen LogP) is 6.43. The fourth-order valence-corrected chi connectivity index (χ4v) is 6.28. The molecule has 0 saturated heterocycles. The molecule has 0 bridgehead atoms. The summed E-state index contributed by atoms with van der Waals surface area (Å²) in [5.74, 6) is 0.594. The van der Waals surface area contributed by atoms with Crippen LogP contribution in [0.25, 0.3) is 21.7 Å². The predicted molar refractivity (Wildman–Crippen MR) is 161 cm³/mol. The minimum absolute atomic E-state index is 0.0587. The zero-order chi connectivity index (χ0) is 27.4. The van der Waals surface area contributed by atoms with E-state index in [1.807, 2.05) is 79.7 Å². The highest BCUT2D eigenvalue weighted by molar-refractivity contribution is 7.99. The first-order valence-electron chi connectivity index (χ1n) is 12.1. The van der Waals surface area contributed by atoms with E-state index in [9.17, 15) is 9.59 Å². The molecule has 7 nitrogen and oxygen atoms in total. The number of rotatable bonds is 9. The topological polar surface area (TPSA) is 78.1 Å². The highest BCUT2D eigenvalue weighted by Crippen LogP contribution is 2.28. The summed E-state index contributed by atoms with van der Waals surface area (Å²) < 4.78 is 9.80. The lowest BCUT2D eigenvalue weighted by atomic mass is 10.2. The molecule has 0 unspecified atom stereocenters. The molecule has 0 aliphatic carbocycles. The maximum atomic E-state index is 13.8. The number of para-hydroxylation sites is 1. The second kappa shape index (κ2) is 12.2. The number of nitrogens with zero attached hydrogens (tertiary/aromatic N) is 3. The summed E-state index contributed by atoms with van der Waals surface area (Å²) in [6.07, 6.45) is 0. The van der Waals surface area contributed by atoms with Gasteiger partial charge in [0.25, 0.3) is 5.56 Å². The van der Waals surface area contributed by atoms with Crippen LogP contribution in [-0.2, 0) is 11.3 Å². The molecule has 0 atom stereocenters. The molecule has 5 aromatic rings. The highest BCUT2D eigenvalue weighted by atomic mass is 35.5. The molecule has 1 N–H and O–H groups in total. The van der Waals surface area contributed by atoms with E-state index in [2.05, 4.69) is 5.32 Å². The number of carbonyl (C=O) groups is 1. The number of thiazole rings is 1. The van der Waals surface area contributed by atoms with E-state index in [1.165, 1.54) is 27.7 Å². The minimum atomic E-state index is -0.244. The summed E-state index contributed by atoms with van der Waals surface area (Å²) in [6.45, 7) is 2.79. The Morgan fingerprint density at radius 3 is 2.44 bits per heavy atom. The Hall–Kier alpha value is -3.44. The normalized spacial score (nSPS) is 11.0. The van der Waals surface area contributed by atoms with Crippen LogP contribution in [0.2, 0.25) is 5.02 Å². The third-order valence-electron chi connectivity index (χ3n) is 5.76. The van der Waals surface area contributed by atoms with Gasteiger partial charge >= 0.3 is 0 Å². The molecule has 0 aliphatic rings. The van der Waals surface area contributed by atoms with Crippen molar-refractivity contribution in [2.45, 2.75) is 18.6 Å². The first-order chi connectivity index (χ1) is 19.0. The first-order valence-corrected chi connectivity index (χ1v) is 14.6. The number of amides is 1. The molecule has 5 rings (SSSR count).